The highest BCUT2D eigenvalue weighted by Gasteiger charge is 2.27. The normalized spacial score (nSPS) is 23.7. The summed E-state index contributed by atoms with van der Waals surface area (Å²) < 4.78 is 11.9. The minimum Gasteiger partial charge on any atom is -0.376 e. The van der Waals surface area contributed by atoms with Crippen LogP contribution in [0.15, 0.2) is 0 Å². The van der Waals surface area contributed by atoms with Gasteiger partial charge in [0, 0.05) is 12.6 Å². The van der Waals surface area contributed by atoms with Gasteiger partial charge in [-0.15, -0.1) is 0 Å². The first-order valence-corrected chi connectivity index (χ1v) is 9.78. The molecule has 4 nitrogen and oxygen atoms in total. The highest BCUT2D eigenvalue weighted by molar-refractivity contribution is 4.82. The van der Waals surface area contributed by atoms with E-state index in [0.29, 0.717) is 6.61 Å². The highest BCUT2D eigenvalue weighted by Crippen LogP contribution is 2.21. The van der Waals surface area contributed by atoms with Gasteiger partial charge in [-0.05, 0) is 79.6 Å². The van der Waals surface area contributed by atoms with Crippen LogP contribution in [0.2, 0.25) is 0 Å². The van der Waals surface area contributed by atoms with E-state index in [2.05, 4.69) is 37.5 Å². The standard InChI is InChI=1S/C19H38N2O2/c1-16(2)22-15-19(23-17(3)4)14-20-12-8-18(9-13-20)21-10-6-5-7-11-21/h16-19H,5-15H2,1-4H3. The molecule has 2 heterocycles. The van der Waals surface area contributed by atoms with E-state index in [1.54, 1.807) is 0 Å². The fourth-order valence-electron chi connectivity index (χ4n) is 3.86. The lowest BCUT2D eigenvalue weighted by molar-refractivity contribution is -0.0734. The molecule has 136 valence electrons. The molecule has 0 aromatic heterocycles. The van der Waals surface area contributed by atoms with Gasteiger partial charge < -0.3 is 19.3 Å². The number of hydrogen-bond donors (Lipinski definition) is 0. The zero-order chi connectivity index (χ0) is 16.7. The van der Waals surface area contributed by atoms with Crippen molar-refractivity contribution in [3.63, 3.8) is 0 Å². The van der Waals surface area contributed by atoms with E-state index in [4.69, 9.17) is 9.47 Å². The van der Waals surface area contributed by atoms with E-state index < -0.39 is 0 Å². The Balaban J connectivity index is 1.73. The third kappa shape index (κ3) is 7.08. The van der Waals surface area contributed by atoms with Crippen LogP contribution in [0, 0.1) is 0 Å². The Morgan fingerprint density at radius 2 is 1.52 bits per heavy atom. The molecule has 0 N–H and O–H groups in total. The number of hydrogen-bond acceptors (Lipinski definition) is 4. The quantitative estimate of drug-likeness (QED) is 0.684. The lowest BCUT2D eigenvalue weighted by atomic mass is 9.99. The van der Waals surface area contributed by atoms with Crippen molar-refractivity contribution in [2.75, 3.05) is 39.3 Å². The molecule has 0 saturated carbocycles. The Kier molecular flexibility index (Phi) is 8.31. The second-order valence-electron chi connectivity index (χ2n) is 7.82. The molecule has 0 bridgehead atoms. The van der Waals surface area contributed by atoms with Gasteiger partial charge in [0.05, 0.1) is 24.9 Å². The van der Waals surface area contributed by atoms with Gasteiger partial charge in [0.1, 0.15) is 0 Å². The molecule has 2 rings (SSSR count). The van der Waals surface area contributed by atoms with Crippen LogP contribution in [0.4, 0.5) is 0 Å². The molecule has 0 amide bonds. The maximum atomic E-state index is 6.07. The van der Waals surface area contributed by atoms with Crippen molar-refractivity contribution in [1.82, 2.24) is 9.80 Å². The molecule has 4 heteroatoms. The Bertz CT molecular complexity index is 308. The molecule has 0 aromatic rings. The van der Waals surface area contributed by atoms with Crippen LogP contribution in [0.25, 0.3) is 0 Å². The SMILES string of the molecule is CC(C)OCC(CN1CCC(N2CCCCC2)CC1)OC(C)C. The minimum absolute atomic E-state index is 0.198. The molecule has 1 unspecified atom stereocenters. The molecular weight excluding hydrogens is 288 g/mol. The first-order chi connectivity index (χ1) is 11.0. The predicted molar refractivity (Wildman–Crippen MR) is 96.0 cm³/mol. The third-order valence-electron chi connectivity index (χ3n) is 5.01. The maximum Gasteiger partial charge on any atom is 0.0938 e. The average molecular weight is 327 g/mol. The second kappa shape index (κ2) is 9.97. The summed E-state index contributed by atoms with van der Waals surface area (Å²) in [6, 6.07) is 0.822. The summed E-state index contributed by atoms with van der Waals surface area (Å²) in [5.74, 6) is 0. The number of piperidine rings is 2. The molecule has 0 spiro atoms. The Labute approximate surface area is 143 Å². The average Bonchev–Trinajstić information content (AvgIpc) is 2.53. The van der Waals surface area contributed by atoms with E-state index in [9.17, 15) is 0 Å². The lowest BCUT2D eigenvalue weighted by Crippen LogP contribution is -2.49. The van der Waals surface area contributed by atoms with Gasteiger partial charge in [-0.25, -0.2) is 0 Å². The number of likely N-dealkylation sites (tertiary alicyclic amines) is 2. The predicted octanol–water partition coefficient (Wildman–Crippen LogP) is 3.16. The molecule has 0 radical (unpaired) electrons. The summed E-state index contributed by atoms with van der Waals surface area (Å²) in [5, 5.41) is 0. The Hall–Kier alpha value is -0.160. The van der Waals surface area contributed by atoms with Crippen molar-refractivity contribution >= 4 is 0 Å². The Morgan fingerprint density at radius 3 is 2.09 bits per heavy atom. The summed E-state index contributed by atoms with van der Waals surface area (Å²) >= 11 is 0. The largest absolute Gasteiger partial charge is 0.376 e. The van der Waals surface area contributed by atoms with E-state index >= 15 is 0 Å². The van der Waals surface area contributed by atoms with Gasteiger partial charge >= 0.3 is 0 Å². The van der Waals surface area contributed by atoms with Crippen LogP contribution in [0.1, 0.15) is 59.8 Å². The molecule has 0 aliphatic carbocycles. The summed E-state index contributed by atoms with van der Waals surface area (Å²) in [6.45, 7) is 15.2. The molecule has 23 heavy (non-hydrogen) atoms. The minimum atomic E-state index is 0.198. The van der Waals surface area contributed by atoms with Gasteiger partial charge in [-0.1, -0.05) is 6.42 Å². The number of rotatable bonds is 8. The van der Waals surface area contributed by atoms with Crippen LogP contribution in [-0.2, 0) is 9.47 Å². The van der Waals surface area contributed by atoms with Crippen LogP contribution in [0.5, 0.6) is 0 Å². The maximum absolute atomic E-state index is 6.07. The fourth-order valence-corrected chi connectivity index (χ4v) is 3.86. The monoisotopic (exact) mass is 326 g/mol. The molecular formula is C19H38N2O2. The topological polar surface area (TPSA) is 24.9 Å². The van der Waals surface area contributed by atoms with Gasteiger partial charge in [0.25, 0.3) is 0 Å². The summed E-state index contributed by atoms with van der Waals surface area (Å²) in [7, 11) is 0. The van der Waals surface area contributed by atoms with Crippen molar-refractivity contribution in [3.05, 3.63) is 0 Å². The van der Waals surface area contributed by atoms with Crippen LogP contribution < -0.4 is 0 Å². The van der Waals surface area contributed by atoms with Crippen molar-refractivity contribution in [1.29, 1.82) is 0 Å². The zero-order valence-electron chi connectivity index (χ0n) is 15.8. The van der Waals surface area contributed by atoms with Crippen molar-refractivity contribution in [3.8, 4) is 0 Å². The number of ether oxygens (including phenoxy) is 2. The third-order valence-corrected chi connectivity index (χ3v) is 5.01. The summed E-state index contributed by atoms with van der Waals surface area (Å²) in [5.41, 5.74) is 0. The second-order valence-corrected chi connectivity index (χ2v) is 7.82. The van der Waals surface area contributed by atoms with E-state index in [1.807, 2.05) is 0 Å². The van der Waals surface area contributed by atoms with E-state index in [1.165, 1.54) is 58.3 Å². The molecule has 2 saturated heterocycles. The van der Waals surface area contributed by atoms with Gasteiger partial charge in [0.15, 0.2) is 0 Å². The van der Waals surface area contributed by atoms with Gasteiger partial charge in [-0.3, -0.25) is 0 Å². The zero-order valence-corrected chi connectivity index (χ0v) is 15.8. The van der Waals surface area contributed by atoms with E-state index in [0.717, 1.165) is 12.6 Å². The molecule has 1 atom stereocenters. The van der Waals surface area contributed by atoms with Gasteiger partial charge in [0.2, 0.25) is 0 Å². The Morgan fingerprint density at radius 1 is 0.870 bits per heavy atom. The van der Waals surface area contributed by atoms with Gasteiger partial charge in [-0.2, -0.15) is 0 Å². The number of nitrogens with zero attached hydrogens (tertiary/aromatic N) is 2. The molecule has 2 fully saturated rings. The van der Waals surface area contributed by atoms with Crippen LogP contribution in [-0.4, -0.2) is 73.5 Å². The first kappa shape index (κ1) is 19.2. The van der Waals surface area contributed by atoms with Crippen molar-refractivity contribution < 1.29 is 9.47 Å². The highest BCUT2D eigenvalue weighted by atomic mass is 16.5. The summed E-state index contributed by atoms with van der Waals surface area (Å²) in [6.07, 6.45) is 7.61. The van der Waals surface area contributed by atoms with Crippen LogP contribution >= 0.6 is 0 Å². The molecule has 2 aliphatic heterocycles. The smallest absolute Gasteiger partial charge is 0.0938 e. The van der Waals surface area contributed by atoms with Crippen molar-refractivity contribution in [2.45, 2.75) is 84.2 Å². The van der Waals surface area contributed by atoms with Crippen LogP contribution in [0.3, 0.4) is 0 Å². The summed E-state index contributed by atoms with van der Waals surface area (Å²) in [4.78, 5) is 5.32. The molecule has 0 aromatic carbocycles. The fraction of sp³-hybridized carbons (Fsp3) is 1.00. The lowest BCUT2D eigenvalue weighted by Gasteiger charge is -2.41. The van der Waals surface area contributed by atoms with E-state index in [-0.39, 0.29) is 18.3 Å². The first-order valence-electron chi connectivity index (χ1n) is 9.78. The molecule has 2 aliphatic rings. The van der Waals surface area contributed by atoms with Crippen molar-refractivity contribution in [2.24, 2.45) is 0 Å².